The minimum atomic E-state index is -0.353. The van der Waals surface area contributed by atoms with E-state index in [4.69, 9.17) is 28.3 Å². The number of nitrogens with one attached hydrogen (secondary N) is 1. The van der Waals surface area contributed by atoms with Crippen LogP contribution in [-0.2, 0) is 0 Å². The maximum Gasteiger partial charge on any atom is 0.323 e. The van der Waals surface area contributed by atoms with Crippen molar-refractivity contribution in [2.45, 2.75) is 13.0 Å². The summed E-state index contributed by atoms with van der Waals surface area (Å²) in [5.41, 5.74) is 0.656. The molecule has 0 fully saturated rings. The number of hydrogen-bond donors (Lipinski definition) is 2. The van der Waals surface area contributed by atoms with Gasteiger partial charge in [-0.25, -0.2) is 9.48 Å². The summed E-state index contributed by atoms with van der Waals surface area (Å²) in [5.74, 6) is 0.382. The molecule has 2 amide bonds. The average Bonchev–Trinajstić information content (AvgIpc) is 2.93. The number of benzene rings is 1. The van der Waals surface area contributed by atoms with Crippen molar-refractivity contribution in [2.24, 2.45) is 0 Å². The summed E-state index contributed by atoms with van der Waals surface area (Å²) >= 11 is 12.0. The van der Waals surface area contributed by atoms with Crippen LogP contribution in [0.3, 0.4) is 0 Å². The summed E-state index contributed by atoms with van der Waals surface area (Å²) in [6.07, 6.45) is 1.68. The van der Waals surface area contributed by atoms with Gasteiger partial charge in [-0.2, -0.15) is 0 Å². The number of nitrogens with zero attached hydrogens (tertiary/aromatic N) is 3. The molecule has 1 atom stereocenters. The highest BCUT2D eigenvalue weighted by Gasteiger charge is 2.16. The first-order valence-corrected chi connectivity index (χ1v) is 7.33. The number of aliphatic hydroxyl groups is 1. The van der Waals surface area contributed by atoms with E-state index in [9.17, 15) is 4.79 Å². The van der Waals surface area contributed by atoms with E-state index in [0.717, 1.165) is 0 Å². The maximum absolute atomic E-state index is 12.0. The van der Waals surface area contributed by atoms with Crippen LogP contribution in [0.25, 0.3) is 5.69 Å². The molecule has 22 heavy (non-hydrogen) atoms. The van der Waals surface area contributed by atoms with Crippen molar-refractivity contribution in [3.05, 3.63) is 40.5 Å². The Bertz CT molecular complexity index is 675. The summed E-state index contributed by atoms with van der Waals surface area (Å²) in [6, 6.07) is 6.08. The number of rotatable bonds is 4. The van der Waals surface area contributed by atoms with Crippen LogP contribution in [0, 0.1) is 0 Å². The van der Waals surface area contributed by atoms with Gasteiger partial charge in [-0.15, -0.1) is 5.10 Å². The molecular weight excluding hydrogens is 327 g/mol. The minimum Gasteiger partial charge on any atom is -0.394 e. The molecule has 1 aromatic carbocycles. The molecule has 6 nitrogen and oxygen atoms in total. The largest absolute Gasteiger partial charge is 0.394 e. The van der Waals surface area contributed by atoms with Gasteiger partial charge in [0.25, 0.3) is 0 Å². The molecule has 0 spiro atoms. The Hall–Kier alpha value is -1.76. The zero-order valence-electron chi connectivity index (χ0n) is 12.1. The lowest BCUT2D eigenvalue weighted by Crippen LogP contribution is -2.40. The molecule has 0 aliphatic carbocycles. The number of amides is 2. The zero-order valence-corrected chi connectivity index (χ0v) is 13.6. The lowest BCUT2D eigenvalue weighted by Gasteiger charge is -2.22. The molecule has 0 saturated carbocycles. The normalized spacial score (nSPS) is 12.0. The van der Waals surface area contributed by atoms with Gasteiger partial charge in [0.2, 0.25) is 0 Å². The van der Waals surface area contributed by atoms with Gasteiger partial charge in [0.15, 0.2) is 5.82 Å². The van der Waals surface area contributed by atoms with E-state index in [2.05, 4.69) is 10.4 Å². The van der Waals surface area contributed by atoms with Crippen molar-refractivity contribution < 1.29 is 9.90 Å². The van der Waals surface area contributed by atoms with Gasteiger partial charge < -0.3 is 10.0 Å². The van der Waals surface area contributed by atoms with Crippen molar-refractivity contribution >= 4 is 35.1 Å². The topological polar surface area (TPSA) is 70.4 Å². The summed E-state index contributed by atoms with van der Waals surface area (Å²) in [7, 11) is 1.60. The van der Waals surface area contributed by atoms with Crippen LogP contribution >= 0.6 is 23.2 Å². The second-order valence-corrected chi connectivity index (χ2v) is 5.66. The predicted octanol–water partition coefficient (Wildman–Crippen LogP) is 3.02. The summed E-state index contributed by atoms with van der Waals surface area (Å²) in [4.78, 5) is 13.4. The van der Waals surface area contributed by atoms with Crippen LogP contribution in [0.2, 0.25) is 10.0 Å². The molecule has 2 N–H and O–H groups in total. The Morgan fingerprint density at radius 2 is 2.18 bits per heavy atom. The van der Waals surface area contributed by atoms with E-state index < -0.39 is 0 Å². The fraction of sp³-hybridized carbons (Fsp3) is 0.286. The highest BCUT2D eigenvalue weighted by atomic mass is 35.5. The Balaban J connectivity index is 2.13. The fourth-order valence-electron chi connectivity index (χ4n) is 1.71. The Morgan fingerprint density at radius 3 is 2.82 bits per heavy atom. The Kier molecular flexibility index (Phi) is 5.28. The van der Waals surface area contributed by atoms with E-state index in [0.29, 0.717) is 21.6 Å². The first-order valence-electron chi connectivity index (χ1n) is 6.58. The number of likely N-dealkylation sites (N-methyl/N-ethyl adjacent to an activating group) is 1. The first kappa shape index (κ1) is 16.6. The van der Waals surface area contributed by atoms with Gasteiger partial charge in [0.1, 0.15) is 0 Å². The standard InChI is InChI=1S/C14H16Cl2N4O2/c1-9(8-21)19(2)14(22)17-13-5-6-20(18-13)12-4-3-10(15)7-11(12)16/h3-7,9,21H,8H2,1-2H3,(H,17,18,22)/t9-/m1/s1. The molecule has 8 heteroatoms. The molecule has 0 bridgehead atoms. The molecule has 118 valence electrons. The summed E-state index contributed by atoms with van der Waals surface area (Å²) in [5, 5.41) is 17.0. The highest BCUT2D eigenvalue weighted by molar-refractivity contribution is 6.35. The molecule has 1 heterocycles. The van der Waals surface area contributed by atoms with Gasteiger partial charge in [-0.05, 0) is 25.1 Å². The number of hydrogen-bond acceptors (Lipinski definition) is 3. The van der Waals surface area contributed by atoms with Crippen LogP contribution in [0.15, 0.2) is 30.5 Å². The van der Waals surface area contributed by atoms with Crippen LogP contribution in [0.4, 0.5) is 10.6 Å². The van der Waals surface area contributed by atoms with Crippen molar-refractivity contribution in [3.8, 4) is 5.69 Å². The van der Waals surface area contributed by atoms with Gasteiger partial charge >= 0.3 is 6.03 Å². The maximum atomic E-state index is 12.0. The number of aromatic nitrogens is 2. The van der Waals surface area contributed by atoms with Crippen molar-refractivity contribution in [3.63, 3.8) is 0 Å². The second-order valence-electron chi connectivity index (χ2n) is 4.81. The third-order valence-corrected chi connectivity index (χ3v) is 3.76. The minimum absolute atomic E-state index is 0.112. The monoisotopic (exact) mass is 342 g/mol. The SMILES string of the molecule is C[C@H](CO)N(C)C(=O)Nc1ccn(-c2ccc(Cl)cc2Cl)n1. The lowest BCUT2D eigenvalue weighted by atomic mass is 10.3. The predicted molar refractivity (Wildman–Crippen MR) is 86.9 cm³/mol. The van der Waals surface area contributed by atoms with Crippen LogP contribution in [0.1, 0.15) is 6.92 Å². The zero-order chi connectivity index (χ0) is 16.3. The van der Waals surface area contributed by atoms with E-state index >= 15 is 0 Å². The number of halogens is 2. The second kappa shape index (κ2) is 7.00. The van der Waals surface area contributed by atoms with E-state index in [1.807, 2.05) is 0 Å². The molecule has 0 saturated heterocycles. The number of carbonyl (C=O) groups is 1. The van der Waals surface area contributed by atoms with Crippen molar-refractivity contribution in [2.75, 3.05) is 19.0 Å². The van der Waals surface area contributed by atoms with Crippen molar-refractivity contribution in [1.29, 1.82) is 0 Å². The molecule has 0 radical (unpaired) electrons. The molecule has 0 aliphatic heterocycles. The molecular formula is C14H16Cl2N4O2. The summed E-state index contributed by atoms with van der Waals surface area (Å²) < 4.78 is 1.55. The van der Waals surface area contributed by atoms with E-state index in [1.165, 1.54) is 4.90 Å². The van der Waals surface area contributed by atoms with Crippen LogP contribution < -0.4 is 5.32 Å². The number of aliphatic hydroxyl groups excluding tert-OH is 1. The Morgan fingerprint density at radius 1 is 1.45 bits per heavy atom. The third kappa shape index (κ3) is 3.71. The Labute approximate surface area is 138 Å². The van der Waals surface area contributed by atoms with E-state index in [1.54, 1.807) is 49.1 Å². The average molecular weight is 343 g/mol. The highest BCUT2D eigenvalue weighted by Crippen LogP contribution is 2.24. The summed E-state index contributed by atoms with van der Waals surface area (Å²) in [6.45, 7) is 1.63. The van der Waals surface area contributed by atoms with Gasteiger partial charge in [-0.1, -0.05) is 23.2 Å². The molecule has 1 aromatic heterocycles. The third-order valence-electron chi connectivity index (χ3n) is 3.23. The smallest absolute Gasteiger partial charge is 0.323 e. The molecule has 0 aliphatic rings. The van der Waals surface area contributed by atoms with Gasteiger partial charge in [-0.3, -0.25) is 5.32 Å². The number of carbonyl (C=O) groups excluding carboxylic acids is 1. The quantitative estimate of drug-likeness (QED) is 0.897. The molecule has 2 aromatic rings. The van der Waals surface area contributed by atoms with Gasteiger partial charge in [0.05, 0.1) is 23.4 Å². The van der Waals surface area contributed by atoms with Gasteiger partial charge in [0, 0.05) is 24.3 Å². The molecule has 2 rings (SSSR count). The molecule has 0 unspecified atom stereocenters. The number of urea groups is 1. The fourth-order valence-corrected chi connectivity index (χ4v) is 2.21. The van der Waals surface area contributed by atoms with Crippen molar-refractivity contribution in [1.82, 2.24) is 14.7 Å². The number of anilines is 1. The van der Waals surface area contributed by atoms with Crippen LogP contribution in [0.5, 0.6) is 0 Å². The van der Waals surface area contributed by atoms with Crippen LogP contribution in [-0.4, -0.2) is 45.5 Å². The lowest BCUT2D eigenvalue weighted by molar-refractivity contribution is 0.166. The first-order chi connectivity index (χ1) is 10.4. The van der Waals surface area contributed by atoms with E-state index in [-0.39, 0.29) is 18.7 Å².